The van der Waals surface area contributed by atoms with Gasteiger partial charge in [-0.05, 0) is 30.2 Å². The number of phenols is 1. The molecule has 0 fully saturated rings. The molecule has 0 aliphatic carbocycles. The molecule has 0 saturated carbocycles. The average Bonchev–Trinajstić information content (AvgIpc) is 2.32. The maximum atomic E-state index is 10.9. The third-order valence-electron chi connectivity index (χ3n) is 2.66. The molecule has 0 bridgehead atoms. The van der Waals surface area contributed by atoms with Crippen LogP contribution in [-0.4, -0.2) is 16.2 Å². The number of benzene rings is 2. The molecule has 0 spiro atoms. The van der Waals surface area contributed by atoms with Crippen LogP contribution in [0.4, 0.5) is 0 Å². The second-order valence-corrected chi connectivity index (χ2v) is 3.86. The molecule has 0 amide bonds. The van der Waals surface area contributed by atoms with Gasteiger partial charge in [0.1, 0.15) is 5.75 Å². The van der Waals surface area contributed by atoms with Crippen molar-refractivity contribution in [1.82, 2.24) is 0 Å². The van der Waals surface area contributed by atoms with Gasteiger partial charge >= 0.3 is 5.97 Å². The third-order valence-corrected chi connectivity index (χ3v) is 2.66. The van der Waals surface area contributed by atoms with E-state index in [0.717, 1.165) is 5.56 Å². The van der Waals surface area contributed by atoms with E-state index in [9.17, 15) is 9.90 Å². The summed E-state index contributed by atoms with van der Waals surface area (Å²) in [4.78, 5) is 10.9. The molecular weight excluding hydrogens is 216 g/mol. The second-order valence-electron chi connectivity index (χ2n) is 3.86. The number of aromatic carboxylic acids is 1. The Morgan fingerprint density at radius 1 is 1.12 bits per heavy atom. The lowest BCUT2D eigenvalue weighted by Gasteiger charge is -2.08. The number of carbonyl (C=O) groups is 1. The minimum absolute atomic E-state index is 0.0146. The molecule has 2 aromatic carbocycles. The highest BCUT2D eigenvalue weighted by molar-refractivity contribution is 5.91. The van der Waals surface area contributed by atoms with Gasteiger partial charge in [0.15, 0.2) is 0 Å². The maximum Gasteiger partial charge on any atom is 0.336 e. The van der Waals surface area contributed by atoms with Crippen molar-refractivity contribution < 1.29 is 15.0 Å². The molecule has 2 rings (SSSR count). The van der Waals surface area contributed by atoms with Gasteiger partial charge in [-0.2, -0.15) is 0 Å². The lowest BCUT2D eigenvalue weighted by molar-refractivity contribution is 0.0695. The predicted molar refractivity (Wildman–Crippen MR) is 65.2 cm³/mol. The first-order valence-electron chi connectivity index (χ1n) is 5.22. The van der Waals surface area contributed by atoms with E-state index in [1.807, 2.05) is 30.3 Å². The zero-order valence-electron chi connectivity index (χ0n) is 9.34. The molecule has 2 aromatic rings. The lowest BCUT2D eigenvalue weighted by Crippen LogP contribution is -1.99. The molecule has 0 aliphatic rings. The number of aromatic hydroxyl groups is 1. The van der Waals surface area contributed by atoms with Gasteiger partial charge in [-0.1, -0.05) is 30.3 Å². The van der Waals surface area contributed by atoms with E-state index in [0.29, 0.717) is 11.1 Å². The molecule has 0 aromatic heterocycles. The van der Waals surface area contributed by atoms with E-state index in [4.69, 9.17) is 5.11 Å². The van der Waals surface area contributed by atoms with Crippen LogP contribution in [-0.2, 0) is 0 Å². The normalized spacial score (nSPS) is 10.2. The highest BCUT2D eigenvalue weighted by Crippen LogP contribution is 2.31. The standard InChI is InChI=1S/C14H12O3/c1-9-7-12(10-5-3-2-4-6-10)13(15)8-11(9)14(16)17/h2-8,15H,1H3,(H,16,17). The van der Waals surface area contributed by atoms with Gasteiger partial charge < -0.3 is 10.2 Å². The zero-order chi connectivity index (χ0) is 12.4. The van der Waals surface area contributed by atoms with Crippen molar-refractivity contribution in [3.63, 3.8) is 0 Å². The fourth-order valence-corrected chi connectivity index (χ4v) is 1.78. The molecule has 0 aliphatic heterocycles. The summed E-state index contributed by atoms with van der Waals surface area (Å²) < 4.78 is 0. The molecule has 0 saturated heterocycles. The Morgan fingerprint density at radius 3 is 2.35 bits per heavy atom. The van der Waals surface area contributed by atoms with Gasteiger partial charge in [0.05, 0.1) is 5.56 Å². The molecule has 2 N–H and O–H groups in total. The van der Waals surface area contributed by atoms with Crippen molar-refractivity contribution in [3.05, 3.63) is 53.6 Å². The van der Waals surface area contributed by atoms with Crippen molar-refractivity contribution in [2.24, 2.45) is 0 Å². The first-order valence-corrected chi connectivity index (χ1v) is 5.22. The van der Waals surface area contributed by atoms with Crippen LogP contribution in [0, 0.1) is 6.92 Å². The summed E-state index contributed by atoms with van der Waals surface area (Å²) in [5.41, 5.74) is 2.27. The Morgan fingerprint density at radius 2 is 1.76 bits per heavy atom. The Kier molecular flexibility index (Phi) is 2.83. The Bertz CT molecular complexity index is 559. The van der Waals surface area contributed by atoms with E-state index in [2.05, 4.69) is 0 Å². The minimum atomic E-state index is -1.03. The summed E-state index contributed by atoms with van der Waals surface area (Å²) >= 11 is 0. The Labute approximate surface area is 99.0 Å². The Balaban J connectivity index is 2.58. The van der Waals surface area contributed by atoms with Crippen molar-refractivity contribution in [2.45, 2.75) is 6.92 Å². The van der Waals surface area contributed by atoms with Crippen molar-refractivity contribution in [2.75, 3.05) is 0 Å². The molecule has 0 radical (unpaired) electrons. The van der Waals surface area contributed by atoms with Gasteiger partial charge in [-0.3, -0.25) is 0 Å². The van der Waals surface area contributed by atoms with Crippen molar-refractivity contribution in [3.8, 4) is 16.9 Å². The van der Waals surface area contributed by atoms with Crippen LogP contribution >= 0.6 is 0 Å². The van der Waals surface area contributed by atoms with E-state index in [1.165, 1.54) is 6.07 Å². The van der Waals surface area contributed by atoms with Crippen LogP contribution in [0.5, 0.6) is 5.75 Å². The highest BCUT2D eigenvalue weighted by atomic mass is 16.4. The van der Waals surface area contributed by atoms with Gasteiger partial charge in [0.2, 0.25) is 0 Å². The molecule has 0 atom stereocenters. The van der Waals surface area contributed by atoms with Crippen LogP contribution in [0.3, 0.4) is 0 Å². The van der Waals surface area contributed by atoms with E-state index >= 15 is 0 Å². The van der Waals surface area contributed by atoms with E-state index in [-0.39, 0.29) is 11.3 Å². The number of phenolic OH excluding ortho intramolecular Hbond substituents is 1. The summed E-state index contributed by atoms with van der Waals surface area (Å²) in [6.07, 6.45) is 0. The summed E-state index contributed by atoms with van der Waals surface area (Å²) in [7, 11) is 0. The molecular formula is C14H12O3. The average molecular weight is 228 g/mol. The van der Waals surface area contributed by atoms with Crippen LogP contribution in [0.25, 0.3) is 11.1 Å². The van der Waals surface area contributed by atoms with Crippen molar-refractivity contribution >= 4 is 5.97 Å². The minimum Gasteiger partial charge on any atom is -0.507 e. The predicted octanol–water partition coefficient (Wildman–Crippen LogP) is 3.07. The summed E-state index contributed by atoms with van der Waals surface area (Å²) in [5, 5.41) is 18.8. The smallest absolute Gasteiger partial charge is 0.336 e. The van der Waals surface area contributed by atoms with Gasteiger partial charge in [-0.25, -0.2) is 4.79 Å². The zero-order valence-corrected chi connectivity index (χ0v) is 9.34. The number of hydrogen-bond donors (Lipinski definition) is 2. The molecule has 3 nitrogen and oxygen atoms in total. The van der Waals surface area contributed by atoms with Crippen LogP contribution in [0.2, 0.25) is 0 Å². The van der Waals surface area contributed by atoms with Crippen LogP contribution in [0.1, 0.15) is 15.9 Å². The van der Waals surface area contributed by atoms with Gasteiger partial charge in [-0.15, -0.1) is 0 Å². The summed E-state index contributed by atoms with van der Waals surface area (Å²) in [6.45, 7) is 1.72. The first kappa shape index (κ1) is 11.2. The summed E-state index contributed by atoms with van der Waals surface area (Å²) in [6, 6.07) is 12.3. The van der Waals surface area contributed by atoms with E-state index in [1.54, 1.807) is 13.0 Å². The largest absolute Gasteiger partial charge is 0.507 e. The van der Waals surface area contributed by atoms with Gasteiger partial charge in [0, 0.05) is 5.56 Å². The fourth-order valence-electron chi connectivity index (χ4n) is 1.78. The number of carboxylic acids is 1. The first-order chi connectivity index (χ1) is 8.09. The molecule has 0 heterocycles. The highest BCUT2D eigenvalue weighted by Gasteiger charge is 2.12. The molecule has 86 valence electrons. The third kappa shape index (κ3) is 2.13. The number of hydrogen-bond acceptors (Lipinski definition) is 2. The van der Waals surface area contributed by atoms with Gasteiger partial charge in [0.25, 0.3) is 0 Å². The number of carboxylic acid groups (broad SMARTS) is 1. The SMILES string of the molecule is Cc1cc(-c2ccccc2)c(O)cc1C(=O)O. The molecule has 0 unspecified atom stereocenters. The summed E-state index contributed by atoms with van der Waals surface area (Å²) in [5.74, 6) is -1.04. The van der Waals surface area contributed by atoms with Crippen LogP contribution in [0.15, 0.2) is 42.5 Å². The maximum absolute atomic E-state index is 10.9. The van der Waals surface area contributed by atoms with E-state index < -0.39 is 5.97 Å². The molecule has 3 heteroatoms. The topological polar surface area (TPSA) is 57.5 Å². The number of aryl methyl sites for hydroxylation is 1. The molecule has 17 heavy (non-hydrogen) atoms. The number of rotatable bonds is 2. The quantitative estimate of drug-likeness (QED) is 0.830. The lowest BCUT2D eigenvalue weighted by atomic mass is 9.99. The Hall–Kier alpha value is -2.29. The van der Waals surface area contributed by atoms with Crippen LogP contribution < -0.4 is 0 Å². The fraction of sp³-hybridized carbons (Fsp3) is 0.0714. The van der Waals surface area contributed by atoms with Crippen molar-refractivity contribution in [1.29, 1.82) is 0 Å². The monoisotopic (exact) mass is 228 g/mol. The second kappa shape index (κ2) is 4.29.